The molecule has 0 aliphatic rings. The summed E-state index contributed by atoms with van der Waals surface area (Å²) < 4.78 is 93.0. The second-order valence-electron chi connectivity index (χ2n) is 13.8. The number of hydrogen-bond acceptors (Lipinski definition) is 2. The molecule has 0 aliphatic carbocycles. The molecular weight excluding hydrogens is 754 g/mol. The van der Waals surface area contributed by atoms with Crippen LogP contribution >= 0.6 is 11.6 Å². The zero-order valence-electron chi connectivity index (χ0n) is 30.4. The monoisotopic (exact) mass is 786 g/mol. The number of nitrogens with zero attached hydrogens (tertiary/aromatic N) is 2. The van der Waals surface area contributed by atoms with Gasteiger partial charge in [0.05, 0.1) is 11.4 Å². The Morgan fingerprint density at radius 1 is 0.386 bits per heavy atom. The highest BCUT2D eigenvalue weighted by molar-refractivity contribution is 6.30. The highest BCUT2D eigenvalue weighted by Crippen LogP contribution is 2.57. The van der Waals surface area contributed by atoms with Crippen LogP contribution in [0.3, 0.4) is 0 Å². The summed E-state index contributed by atoms with van der Waals surface area (Å²) in [4.78, 5) is 3.62. The Bertz CT molecular complexity index is 2470. The van der Waals surface area contributed by atoms with Crippen molar-refractivity contribution >= 4 is 67.3 Å². The Hall–Kier alpha value is -6.25. The van der Waals surface area contributed by atoms with E-state index in [1.807, 2.05) is 121 Å². The van der Waals surface area contributed by atoms with E-state index in [9.17, 15) is 0 Å². The van der Waals surface area contributed by atoms with Gasteiger partial charge in [-0.25, -0.2) is 0 Å². The molecule has 0 radical (unpaired) electrons. The molecule has 0 aliphatic heterocycles. The van der Waals surface area contributed by atoms with Crippen LogP contribution in [0.1, 0.15) is 16.7 Å². The van der Waals surface area contributed by atoms with Crippen LogP contribution in [0.4, 0.5) is 60.5 Å². The fourth-order valence-electron chi connectivity index (χ4n) is 7.65. The highest BCUT2D eigenvalue weighted by atomic mass is 35.5. The lowest BCUT2D eigenvalue weighted by Gasteiger charge is -2.39. The summed E-state index contributed by atoms with van der Waals surface area (Å²) in [5.41, 5.74) is -1.83. The van der Waals surface area contributed by atoms with Gasteiger partial charge in [-0.3, -0.25) is 0 Å². The van der Waals surface area contributed by atoms with E-state index in [2.05, 4.69) is 0 Å². The molecule has 57 heavy (non-hydrogen) atoms. The van der Waals surface area contributed by atoms with Crippen LogP contribution in [0, 0.1) is 6.92 Å². The van der Waals surface area contributed by atoms with Gasteiger partial charge in [-0.15, -0.1) is 0 Å². The van der Waals surface area contributed by atoms with E-state index >= 15 is 26.3 Å². The first-order valence-corrected chi connectivity index (χ1v) is 18.5. The van der Waals surface area contributed by atoms with Gasteiger partial charge < -0.3 is 9.80 Å². The molecule has 0 heterocycles. The lowest BCUT2D eigenvalue weighted by atomic mass is 9.72. The third kappa shape index (κ3) is 6.74. The van der Waals surface area contributed by atoms with Gasteiger partial charge in [0.25, 0.3) is 0 Å². The summed E-state index contributed by atoms with van der Waals surface area (Å²) in [6, 6.07) is 49.9. The predicted octanol–water partition coefficient (Wildman–Crippen LogP) is 15.3. The SMILES string of the molecule is Cc1ccc(N(c2ccc(C(c3ccc(N(c4ccc(Cl)cc4)c4cccc5ccccc45)cc3)(C(F)(F)F)C(F)(F)F)cc2)c2cccc3ccccc23)cc1. The van der Waals surface area contributed by atoms with E-state index in [1.54, 1.807) is 29.2 Å². The lowest BCUT2D eigenvalue weighted by Crippen LogP contribution is -2.54. The molecule has 0 saturated carbocycles. The number of hydrogen-bond donors (Lipinski definition) is 0. The van der Waals surface area contributed by atoms with Crippen LogP contribution in [0.5, 0.6) is 0 Å². The predicted molar refractivity (Wildman–Crippen MR) is 220 cm³/mol. The van der Waals surface area contributed by atoms with Crippen molar-refractivity contribution < 1.29 is 26.3 Å². The maximum atomic E-state index is 15.5. The van der Waals surface area contributed by atoms with Crippen LogP contribution in [-0.4, -0.2) is 12.4 Å². The molecule has 9 heteroatoms. The summed E-state index contributed by atoms with van der Waals surface area (Å²) in [5, 5.41) is 4.00. The van der Waals surface area contributed by atoms with Crippen molar-refractivity contribution in [3.8, 4) is 0 Å². The molecule has 8 aromatic carbocycles. The first-order chi connectivity index (χ1) is 27.4. The van der Waals surface area contributed by atoms with E-state index in [0.717, 1.165) is 57.1 Å². The van der Waals surface area contributed by atoms with Gasteiger partial charge in [0.1, 0.15) is 0 Å². The summed E-state index contributed by atoms with van der Waals surface area (Å²) in [5.74, 6) is 0. The molecule has 0 atom stereocenters. The Labute approximate surface area is 330 Å². The molecule has 0 bridgehead atoms. The van der Waals surface area contributed by atoms with Crippen molar-refractivity contribution in [2.75, 3.05) is 9.80 Å². The minimum Gasteiger partial charge on any atom is -0.310 e. The standard InChI is InChI=1S/C48H33ClF6N2/c1-32-16-24-38(25-17-32)56(44-14-6-10-33-8-2-4-12-42(33)44)39-26-18-35(19-27-39)46(47(50,51)52,48(53,54)55)36-20-28-40(29-21-36)57(41-30-22-37(49)23-31-41)45-15-7-11-34-9-3-5-13-43(34)45/h2-31H,1H3. The first-order valence-electron chi connectivity index (χ1n) is 18.1. The average Bonchev–Trinajstić information content (AvgIpc) is 3.20. The Kier molecular flexibility index (Phi) is 9.70. The fourth-order valence-corrected chi connectivity index (χ4v) is 7.77. The number of halogens is 7. The molecule has 284 valence electrons. The van der Waals surface area contributed by atoms with E-state index in [4.69, 9.17) is 11.6 Å². The van der Waals surface area contributed by atoms with Gasteiger partial charge >= 0.3 is 12.4 Å². The van der Waals surface area contributed by atoms with Crippen molar-refractivity contribution in [2.45, 2.75) is 24.7 Å². The van der Waals surface area contributed by atoms with E-state index in [-0.39, 0.29) is 0 Å². The van der Waals surface area contributed by atoms with Crippen molar-refractivity contribution in [3.63, 3.8) is 0 Å². The largest absolute Gasteiger partial charge is 0.411 e. The normalized spacial score (nSPS) is 12.2. The fraction of sp³-hybridized carbons (Fsp3) is 0.0833. The van der Waals surface area contributed by atoms with Gasteiger partial charge in [-0.2, -0.15) is 26.3 Å². The topological polar surface area (TPSA) is 6.48 Å². The maximum Gasteiger partial charge on any atom is 0.411 e. The molecule has 0 unspecified atom stereocenters. The summed E-state index contributed by atoms with van der Waals surface area (Å²) in [7, 11) is 0. The first kappa shape index (κ1) is 37.7. The summed E-state index contributed by atoms with van der Waals surface area (Å²) >= 11 is 6.20. The maximum absolute atomic E-state index is 15.5. The molecule has 0 fully saturated rings. The molecule has 0 spiro atoms. The van der Waals surface area contributed by atoms with Crippen LogP contribution in [0.25, 0.3) is 21.5 Å². The molecule has 2 nitrogen and oxygen atoms in total. The van der Waals surface area contributed by atoms with E-state index in [0.29, 0.717) is 33.5 Å². The number of alkyl halides is 6. The van der Waals surface area contributed by atoms with Crippen LogP contribution in [0.2, 0.25) is 5.02 Å². The summed E-state index contributed by atoms with van der Waals surface area (Å²) in [6.45, 7) is 1.93. The lowest BCUT2D eigenvalue weighted by molar-refractivity contribution is -0.288. The van der Waals surface area contributed by atoms with E-state index in [1.165, 1.54) is 24.3 Å². The second kappa shape index (κ2) is 14.7. The van der Waals surface area contributed by atoms with Crippen molar-refractivity contribution in [2.24, 2.45) is 0 Å². The smallest absolute Gasteiger partial charge is 0.310 e. The molecule has 0 amide bonds. The molecule has 0 aromatic heterocycles. The second-order valence-corrected chi connectivity index (χ2v) is 14.3. The van der Waals surface area contributed by atoms with Gasteiger partial charge in [-0.05, 0) is 102 Å². The number of anilines is 6. The molecule has 0 saturated heterocycles. The average molecular weight is 787 g/mol. The van der Waals surface area contributed by atoms with Crippen molar-refractivity contribution in [3.05, 3.63) is 204 Å². The van der Waals surface area contributed by atoms with E-state index < -0.39 is 28.9 Å². The Morgan fingerprint density at radius 3 is 1.11 bits per heavy atom. The molecule has 8 aromatic rings. The number of benzene rings is 8. The van der Waals surface area contributed by atoms with Gasteiger partial charge in [-0.1, -0.05) is 126 Å². The number of aryl methyl sites for hydroxylation is 1. The minimum absolute atomic E-state index is 0.356. The zero-order valence-corrected chi connectivity index (χ0v) is 31.1. The summed E-state index contributed by atoms with van der Waals surface area (Å²) in [6.07, 6.45) is -11.5. The van der Waals surface area contributed by atoms with Gasteiger partial charge in [0.15, 0.2) is 0 Å². The zero-order chi connectivity index (χ0) is 40.0. The van der Waals surface area contributed by atoms with Crippen LogP contribution in [0.15, 0.2) is 182 Å². The minimum atomic E-state index is -5.77. The highest BCUT2D eigenvalue weighted by Gasteiger charge is 2.72. The molecular formula is C48H33ClF6N2. The Balaban J connectivity index is 1.27. The molecule has 0 N–H and O–H groups in total. The number of fused-ring (bicyclic) bond motifs is 2. The molecule has 8 rings (SSSR count). The van der Waals surface area contributed by atoms with Gasteiger partial charge in [0.2, 0.25) is 5.41 Å². The quantitative estimate of drug-likeness (QED) is 0.142. The van der Waals surface area contributed by atoms with Crippen molar-refractivity contribution in [1.29, 1.82) is 0 Å². The third-order valence-corrected chi connectivity index (χ3v) is 10.6. The van der Waals surface area contributed by atoms with Crippen LogP contribution in [-0.2, 0) is 5.41 Å². The number of rotatable bonds is 8. The van der Waals surface area contributed by atoms with Crippen molar-refractivity contribution in [1.82, 2.24) is 0 Å². The van der Waals surface area contributed by atoms with Gasteiger partial charge in [0, 0.05) is 38.5 Å². The Morgan fingerprint density at radius 2 is 0.719 bits per heavy atom. The third-order valence-electron chi connectivity index (χ3n) is 10.4. The van der Waals surface area contributed by atoms with Crippen LogP contribution < -0.4 is 9.80 Å².